The highest BCUT2D eigenvalue weighted by atomic mass is 32.2. The van der Waals surface area contributed by atoms with E-state index in [-0.39, 0.29) is 0 Å². The fraction of sp³-hybridized carbons (Fsp3) is 1.00. The molecule has 0 aromatic heterocycles. The summed E-state index contributed by atoms with van der Waals surface area (Å²) < 4.78 is 216. The first-order valence-corrected chi connectivity index (χ1v) is 12.4. The molecule has 0 bridgehead atoms. The van der Waals surface area contributed by atoms with Gasteiger partial charge in [0.25, 0.3) is 0 Å². The normalized spacial score (nSPS) is 15.3. The van der Waals surface area contributed by atoms with Gasteiger partial charge in [-0.1, -0.05) is 13.3 Å². The van der Waals surface area contributed by atoms with Gasteiger partial charge in [-0.2, -0.15) is 61.5 Å². The standard InChI is InChI=1S/C11H10F14O3S.C8H20N/c1-2-3-4-5(12,13)6(14,15)7(16,17)8(18,19)9(20,21)10(22,23)11(24,25)29(26,27)28;1-5-9(6-2,7-3)8-4/h2-4H2,1H3,(H,26,27,28);5-8H2,1-4H3/q;+1/p-1. The summed E-state index contributed by atoms with van der Waals surface area (Å²) in [7, 11) is -7.95. The Morgan fingerprint density at radius 2 is 0.842 bits per heavy atom. The number of unbranched alkanes of at least 4 members (excludes halogenated alkanes) is 1. The van der Waals surface area contributed by atoms with Crippen LogP contribution >= 0.6 is 0 Å². The highest BCUT2D eigenvalue weighted by molar-refractivity contribution is 7.86. The summed E-state index contributed by atoms with van der Waals surface area (Å²) in [5, 5.41) is -7.72. The van der Waals surface area contributed by atoms with Crippen molar-refractivity contribution in [2.45, 2.75) is 94.7 Å². The third-order valence-corrected chi connectivity index (χ3v) is 7.13. The molecule has 0 N–H and O–H groups in total. The Morgan fingerprint density at radius 3 is 1.08 bits per heavy atom. The Hall–Kier alpha value is -1.11. The topological polar surface area (TPSA) is 57.2 Å². The van der Waals surface area contributed by atoms with Crippen LogP contribution in [0.15, 0.2) is 0 Å². The molecule has 19 heteroatoms. The van der Waals surface area contributed by atoms with Gasteiger partial charge in [0.2, 0.25) is 0 Å². The molecule has 0 aromatic carbocycles. The molecule has 0 amide bonds. The Labute approximate surface area is 210 Å². The van der Waals surface area contributed by atoms with Crippen LogP contribution in [0.2, 0.25) is 0 Å². The monoisotopic (exact) mass is 617 g/mol. The zero-order chi connectivity index (χ0) is 31.4. The fourth-order valence-electron chi connectivity index (χ4n) is 3.06. The number of rotatable bonds is 14. The van der Waals surface area contributed by atoms with Gasteiger partial charge < -0.3 is 9.04 Å². The molecule has 0 heterocycles. The van der Waals surface area contributed by atoms with E-state index in [4.69, 9.17) is 0 Å². The lowest BCUT2D eigenvalue weighted by Crippen LogP contribution is -2.73. The van der Waals surface area contributed by atoms with Gasteiger partial charge >= 0.3 is 40.8 Å². The van der Waals surface area contributed by atoms with Crippen LogP contribution in [0, 0.1) is 0 Å². The van der Waals surface area contributed by atoms with Gasteiger partial charge in [0.15, 0.2) is 10.1 Å². The predicted octanol–water partition coefficient (Wildman–Crippen LogP) is 7.01. The summed E-state index contributed by atoms with van der Waals surface area (Å²) in [6, 6.07) is 0. The molecule has 0 saturated carbocycles. The van der Waals surface area contributed by atoms with Crippen LogP contribution in [0.1, 0.15) is 53.9 Å². The van der Waals surface area contributed by atoms with Crippen molar-refractivity contribution in [3.63, 3.8) is 0 Å². The summed E-state index contributed by atoms with van der Waals surface area (Å²) >= 11 is 0. The Morgan fingerprint density at radius 1 is 0.553 bits per heavy atom. The van der Waals surface area contributed by atoms with E-state index >= 15 is 0 Å². The number of hydrogen-bond donors (Lipinski definition) is 0. The van der Waals surface area contributed by atoms with Crippen LogP contribution in [-0.2, 0) is 10.1 Å². The summed E-state index contributed by atoms with van der Waals surface area (Å²) in [4.78, 5) is 0. The summed E-state index contributed by atoms with van der Waals surface area (Å²) in [6.45, 7) is 15.2. The lowest BCUT2D eigenvalue weighted by Gasteiger charge is -2.42. The molecule has 0 saturated heterocycles. The SMILES string of the molecule is CCCCC(F)(F)C(F)(F)C(F)(F)C(F)(F)C(F)(F)C(F)(F)C(F)(F)S(=O)(=O)[O-].CC[N+](CC)(CC)CC. The zero-order valence-corrected chi connectivity index (χ0v) is 21.6. The Kier molecular flexibility index (Phi) is 12.5. The van der Waals surface area contributed by atoms with Crippen molar-refractivity contribution in [3.05, 3.63) is 0 Å². The maximum atomic E-state index is 13.3. The Balaban J connectivity index is 0. The molecule has 0 aliphatic heterocycles. The second-order valence-electron chi connectivity index (χ2n) is 8.26. The minimum atomic E-state index is -8.42. The van der Waals surface area contributed by atoms with Gasteiger partial charge in [-0.3, -0.25) is 0 Å². The van der Waals surface area contributed by atoms with Crippen LogP contribution in [0.5, 0.6) is 0 Å². The first-order chi connectivity index (χ1) is 16.6. The van der Waals surface area contributed by atoms with Crippen molar-refractivity contribution in [1.82, 2.24) is 0 Å². The molecular formula is C19H29F14NO3S. The first-order valence-electron chi connectivity index (χ1n) is 11.0. The quantitative estimate of drug-likeness (QED) is 0.120. The van der Waals surface area contributed by atoms with Gasteiger partial charge in [-0.25, -0.2) is 8.42 Å². The number of hydrogen-bond acceptors (Lipinski definition) is 3. The summed E-state index contributed by atoms with van der Waals surface area (Å²) in [5.74, 6) is -46.9. The van der Waals surface area contributed by atoms with Gasteiger partial charge in [-0.05, 0) is 34.1 Å². The molecule has 0 fully saturated rings. The molecule has 0 aliphatic rings. The highest BCUT2D eigenvalue weighted by Gasteiger charge is 2.93. The lowest BCUT2D eigenvalue weighted by molar-refractivity contribution is -0.921. The molecule has 0 unspecified atom stereocenters. The molecule has 0 aromatic rings. The maximum Gasteiger partial charge on any atom is 0.402 e. The minimum absolute atomic E-state index is 0.435. The molecule has 0 aliphatic carbocycles. The van der Waals surface area contributed by atoms with Crippen molar-refractivity contribution in [2.75, 3.05) is 26.2 Å². The Bertz CT molecular complexity index is 841. The van der Waals surface area contributed by atoms with E-state index in [1.807, 2.05) is 0 Å². The molecule has 38 heavy (non-hydrogen) atoms. The molecular weight excluding hydrogens is 588 g/mol. The molecule has 0 radical (unpaired) electrons. The van der Waals surface area contributed by atoms with Gasteiger partial charge in [-0.15, -0.1) is 0 Å². The van der Waals surface area contributed by atoms with E-state index in [0.29, 0.717) is 0 Å². The van der Waals surface area contributed by atoms with Crippen LogP contribution in [0.4, 0.5) is 61.5 Å². The molecule has 0 rings (SSSR count). The van der Waals surface area contributed by atoms with Crippen molar-refractivity contribution in [2.24, 2.45) is 0 Å². The average Bonchev–Trinajstić information content (AvgIpc) is 2.78. The highest BCUT2D eigenvalue weighted by Crippen LogP contribution is 2.63. The van der Waals surface area contributed by atoms with E-state index in [1.54, 1.807) is 0 Å². The van der Waals surface area contributed by atoms with Gasteiger partial charge in [0, 0.05) is 6.42 Å². The molecule has 232 valence electrons. The van der Waals surface area contributed by atoms with Crippen LogP contribution in [-0.4, -0.2) is 84.4 Å². The van der Waals surface area contributed by atoms with Crippen molar-refractivity contribution < 1.29 is 78.9 Å². The van der Waals surface area contributed by atoms with E-state index in [0.717, 1.165) is 6.92 Å². The molecule has 4 nitrogen and oxygen atoms in total. The second kappa shape index (κ2) is 12.2. The smallest absolute Gasteiger partial charge is 0.402 e. The first kappa shape index (κ1) is 39.0. The third kappa shape index (κ3) is 6.44. The lowest BCUT2D eigenvalue weighted by atomic mass is 9.89. The van der Waals surface area contributed by atoms with E-state index in [1.165, 1.54) is 30.7 Å². The second-order valence-corrected chi connectivity index (χ2v) is 9.68. The van der Waals surface area contributed by atoms with Crippen molar-refractivity contribution in [1.29, 1.82) is 0 Å². The van der Waals surface area contributed by atoms with E-state index in [2.05, 4.69) is 27.7 Å². The van der Waals surface area contributed by atoms with Gasteiger partial charge in [0.1, 0.15) is 0 Å². The largest absolute Gasteiger partial charge is 0.743 e. The predicted molar refractivity (Wildman–Crippen MR) is 106 cm³/mol. The number of quaternary nitrogens is 1. The number of halogens is 14. The van der Waals surface area contributed by atoms with Gasteiger partial charge in [0.05, 0.1) is 26.2 Å². The van der Waals surface area contributed by atoms with Crippen LogP contribution < -0.4 is 0 Å². The summed E-state index contributed by atoms with van der Waals surface area (Å²) in [5.41, 5.74) is 0. The molecule has 0 atom stereocenters. The number of alkyl halides is 14. The number of nitrogens with zero attached hydrogens (tertiary/aromatic N) is 1. The van der Waals surface area contributed by atoms with Crippen molar-refractivity contribution in [3.8, 4) is 0 Å². The fourth-order valence-corrected chi connectivity index (χ4v) is 3.50. The zero-order valence-electron chi connectivity index (χ0n) is 20.8. The maximum absolute atomic E-state index is 13.3. The van der Waals surface area contributed by atoms with Crippen LogP contribution in [0.3, 0.4) is 0 Å². The van der Waals surface area contributed by atoms with E-state index < -0.39 is 70.2 Å². The summed E-state index contributed by atoms with van der Waals surface area (Å²) in [6.07, 6.45) is -3.83. The van der Waals surface area contributed by atoms with Crippen molar-refractivity contribution >= 4 is 10.1 Å². The van der Waals surface area contributed by atoms with Crippen LogP contribution in [0.25, 0.3) is 0 Å². The third-order valence-electron chi connectivity index (χ3n) is 6.24. The minimum Gasteiger partial charge on any atom is -0.743 e. The van der Waals surface area contributed by atoms with E-state index in [9.17, 15) is 74.4 Å². The average molecular weight is 617 g/mol. The molecule has 0 spiro atoms.